The number of aliphatic imine (C=N–C) groups is 1. The van der Waals surface area contributed by atoms with Gasteiger partial charge in [-0.15, -0.1) is 0 Å². The van der Waals surface area contributed by atoms with Crippen molar-refractivity contribution in [2.75, 3.05) is 0 Å². The summed E-state index contributed by atoms with van der Waals surface area (Å²) in [5.74, 6) is 0.513. The Bertz CT molecular complexity index is 660. The molecule has 0 heterocycles. The van der Waals surface area contributed by atoms with E-state index in [1.165, 1.54) is 0 Å². The van der Waals surface area contributed by atoms with Gasteiger partial charge in [0.05, 0.1) is 5.69 Å². The maximum atomic E-state index is 11.7. The van der Waals surface area contributed by atoms with Crippen molar-refractivity contribution in [2.45, 2.75) is 13.5 Å². The highest BCUT2D eigenvalue weighted by Crippen LogP contribution is 2.13. The van der Waals surface area contributed by atoms with Gasteiger partial charge in [-0.25, -0.2) is 9.79 Å². The average molecular weight is 298 g/mol. The number of aryl methyl sites for hydroxylation is 1. The molecule has 6 heteroatoms. The first-order valence-corrected chi connectivity index (χ1v) is 6.74. The van der Waals surface area contributed by atoms with E-state index in [0.717, 1.165) is 11.1 Å². The van der Waals surface area contributed by atoms with Crippen LogP contribution in [0.25, 0.3) is 0 Å². The standard InChI is InChI=1S/C16H18N4O2/c1-11-2-8-14(9-3-11)22-16(21)19-10-12-4-6-13(7-5-12)20-15(17)18/h2-9H,10H2,1H3,(H,19,21)(H4,17,18,20). The topological polar surface area (TPSA) is 103 Å². The van der Waals surface area contributed by atoms with E-state index in [1.54, 1.807) is 24.3 Å². The fourth-order valence-electron chi connectivity index (χ4n) is 1.76. The summed E-state index contributed by atoms with van der Waals surface area (Å²) in [6.45, 7) is 2.32. The Kier molecular flexibility index (Phi) is 4.98. The number of nitrogens with two attached hydrogens (primary N) is 2. The molecule has 0 saturated carbocycles. The quantitative estimate of drug-likeness (QED) is 0.594. The van der Waals surface area contributed by atoms with Gasteiger partial charge < -0.3 is 21.5 Å². The van der Waals surface area contributed by atoms with Crippen LogP contribution >= 0.6 is 0 Å². The van der Waals surface area contributed by atoms with Gasteiger partial charge in [-0.1, -0.05) is 29.8 Å². The summed E-state index contributed by atoms with van der Waals surface area (Å²) >= 11 is 0. The van der Waals surface area contributed by atoms with E-state index in [1.807, 2.05) is 31.2 Å². The molecule has 0 aliphatic carbocycles. The lowest BCUT2D eigenvalue weighted by Gasteiger charge is -2.07. The van der Waals surface area contributed by atoms with Crippen molar-refractivity contribution < 1.29 is 9.53 Å². The summed E-state index contributed by atoms with van der Waals surface area (Å²) < 4.78 is 5.16. The zero-order valence-electron chi connectivity index (χ0n) is 12.2. The summed E-state index contributed by atoms with van der Waals surface area (Å²) in [4.78, 5) is 15.6. The summed E-state index contributed by atoms with van der Waals surface area (Å²) in [5, 5.41) is 2.68. The number of nitrogens with one attached hydrogen (secondary N) is 1. The SMILES string of the molecule is Cc1ccc(OC(=O)NCc2ccc(N=C(N)N)cc2)cc1. The lowest BCUT2D eigenvalue weighted by atomic mass is 10.2. The third-order valence-corrected chi connectivity index (χ3v) is 2.86. The number of hydrogen-bond acceptors (Lipinski definition) is 3. The number of rotatable bonds is 4. The number of carbonyl (C=O) groups excluding carboxylic acids is 1. The van der Waals surface area contributed by atoms with Crippen LogP contribution in [0.4, 0.5) is 10.5 Å². The van der Waals surface area contributed by atoms with E-state index >= 15 is 0 Å². The van der Waals surface area contributed by atoms with E-state index in [2.05, 4.69) is 10.3 Å². The molecule has 114 valence electrons. The molecule has 0 saturated heterocycles. The predicted octanol–water partition coefficient (Wildman–Crippen LogP) is 2.19. The molecular formula is C16H18N4O2. The molecular weight excluding hydrogens is 280 g/mol. The molecule has 2 aromatic carbocycles. The molecule has 6 nitrogen and oxygen atoms in total. The van der Waals surface area contributed by atoms with Gasteiger partial charge in [0.2, 0.25) is 0 Å². The second kappa shape index (κ2) is 7.12. The summed E-state index contributed by atoms with van der Waals surface area (Å²) in [5.41, 5.74) is 13.3. The van der Waals surface area contributed by atoms with Crippen molar-refractivity contribution in [3.8, 4) is 5.75 Å². The van der Waals surface area contributed by atoms with E-state index in [-0.39, 0.29) is 5.96 Å². The molecule has 1 amide bonds. The molecule has 0 bridgehead atoms. The number of benzene rings is 2. The van der Waals surface area contributed by atoms with E-state index < -0.39 is 6.09 Å². The third-order valence-electron chi connectivity index (χ3n) is 2.86. The lowest BCUT2D eigenvalue weighted by Crippen LogP contribution is -2.26. The minimum absolute atomic E-state index is 0.00699. The van der Waals surface area contributed by atoms with Crippen LogP contribution in [0, 0.1) is 6.92 Å². The number of nitrogens with zero attached hydrogens (tertiary/aromatic N) is 1. The molecule has 0 radical (unpaired) electrons. The zero-order valence-corrected chi connectivity index (χ0v) is 12.2. The Balaban J connectivity index is 1.85. The highest BCUT2D eigenvalue weighted by atomic mass is 16.5. The Morgan fingerprint density at radius 1 is 1.09 bits per heavy atom. The summed E-state index contributed by atoms with van der Waals surface area (Å²) in [6.07, 6.45) is -0.503. The highest BCUT2D eigenvalue weighted by Gasteiger charge is 2.04. The number of carbonyl (C=O) groups is 1. The van der Waals surface area contributed by atoms with Crippen LogP contribution in [0.5, 0.6) is 5.75 Å². The smallest absolute Gasteiger partial charge is 0.410 e. The molecule has 0 aliphatic heterocycles. The monoisotopic (exact) mass is 298 g/mol. The van der Waals surface area contributed by atoms with Gasteiger partial charge in [0.15, 0.2) is 5.96 Å². The third kappa shape index (κ3) is 4.82. The number of ether oxygens (including phenoxy) is 1. The van der Waals surface area contributed by atoms with Crippen LogP contribution < -0.4 is 21.5 Å². The van der Waals surface area contributed by atoms with Crippen molar-refractivity contribution in [3.05, 3.63) is 59.7 Å². The van der Waals surface area contributed by atoms with Crippen molar-refractivity contribution in [1.82, 2.24) is 5.32 Å². The Morgan fingerprint density at radius 2 is 1.73 bits per heavy atom. The Hall–Kier alpha value is -3.02. The van der Waals surface area contributed by atoms with Gasteiger partial charge in [-0.3, -0.25) is 0 Å². The first-order valence-electron chi connectivity index (χ1n) is 6.74. The molecule has 2 aromatic rings. The lowest BCUT2D eigenvalue weighted by molar-refractivity contribution is 0.200. The highest BCUT2D eigenvalue weighted by molar-refractivity contribution is 5.79. The minimum Gasteiger partial charge on any atom is -0.410 e. The van der Waals surface area contributed by atoms with E-state index in [9.17, 15) is 4.79 Å². The van der Waals surface area contributed by atoms with Crippen molar-refractivity contribution in [2.24, 2.45) is 16.5 Å². The second-order valence-corrected chi connectivity index (χ2v) is 4.76. The van der Waals surface area contributed by atoms with Gasteiger partial charge >= 0.3 is 6.09 Å². The maximum Gasteiger partial charge on any atom is 0.412 e. The number of amides is 1. The summed E-state index contributed by atoms with van der Waals surface area (Å²) in [7, 11) is 0. The fourth-order valence-corrected chi connectivity index (χ4v) is 1.76. The number of hydrogen-bond donors (Lipinski definition) is 3. The molecule has 0 aromatic heterocycles. The van der Waals surface area contributed by atoms with Crippen LogP contribution in [-0.4, -0.2) is 12.1 Å². The fraction of sp³-hybridized carbons (Fsp3) is 0.125. The maximum absolute atomic E-state index is 11.7. The second-order valence-electron chi connectivity index (χ2n) is 4.76. The zero-order chi connectivity index (χ0) is 15.9. The van der Waals surface area contributed by atoms with Crippen LogP contribution in [0.2, 0.25) is 0 Å². The molecule has 0 aliphatic rings. The van der Waals surface area contributed by atoms with Crippen LogP contribution in [0.15, 0.2) is 53.5 Å². The predicted molar refractivity (Wildman–Crippen MR) is 86.0 cm³/mol. The molecule has 0 fully saturated rings. The van der Waals surface area contributed by atoms with Gasteiger partial charge in [0.25, 0.3) is 0 Å². The van der Waals surface area contributed by atoms with Crippen molar-refractivity contribution in [3.63, 3.8) is 0 Å². The molecule has 0 spiro atoms. The molecule has 22 heavy (non-hydrogen) atoms. The molecule has 0 unspecified atom stereocenters. The summed E-state index contributed by atoms with van der Waals surface area (Å²) in [6, 6.07) is 14.4. The van der Waals surface area contributed by atoms with Gasteiger partial charge in [0.1, 0.15) is 5.75 Å². The van der Waals surface area contributed by atoms with Gasteiger partial charge in [-0.2, -0.15) is 0 Å². The average Bonchev–Trinajstić information content (AvgIpc) is 2.48. The normalized spacial score (nSPS) is 9.86. The first kappa shape index (κ1) is 15.4. The molecule has 0 atom stereocenters. The Morgan fingerprint density at radius 3 is 2.32 bits per heavy atom. The van der Waals surface area contributed by atoms with Crippen LogP contribution in [-0.2, 0) is 6.54 Å². The number of guanidine groups is 1. The van der Waals surface area contributed by atoms with Crippen molar-refractivity contribution >= 4 is 17.7 Å². The van der Waals surface area contributed by atoms with E-state index in [4.69, 9.17) is 16.2 Å². The largest absolute Gasteiger partial charge is 0.412 e. The van der Waals surface area contributed by atoms with Crippen molar-refractivity contribution in [1.29, 1.82) is 0 Å². The van der Waals surface area contributed by atoms with Gasteiger partial charge in [-0.05, 0) is 36.8 Å². The van der Waals surface area contributed by atoms with Crippen LogP contribution in [0.3, 0.4) is 0 Å². The Labute approximate surface area is 128 Å². The minimum atomic E-state index is -0.503. The molecule has 5 N–H and O–H groups in total. The van der Waals surface area contributed by atoms with Crippen LogP contribution in [0.1, 0.15) is 11.1 Å². The van der Waals surface area contributed by atoms with Gasteiger partial charge in [0, 0.05) is 6.54 Å². The first-order chi connectivity index (χ1) is 10.5. The molecule has 2 rings (SSSR count). The van der Waals surface area contributed by atoms with E-state index in [0.29, 0.717) is 18.0 Å².